The number of aliphatic hydroxyl groups is 2. The first kappa shape index (κ1) is 24.7. The molecule has 1 fully saturated rings. The number of alkyl halides is 4. The number of aryl methyl sites for hydroxylation is 1. The lowest BCUT2D eigenvalue weighted by molar-refractivity contribution is -0.284. The molecule has 2 rings (SSSR count). The van der Waals surface area contributed by atoms with Gasteiger partial charge in [-0.2, -0.15) is 13.2 Å². The lowest BCUT2D eigenvalue weighted by Crippen LogP contribution is -2.64. The highest BCUT2D eigenvalue weighted by Crippen LogP contribution is 2.32. The van der Waals surface area contributed by atoms with Crippen LogP contribution in [-0.4, -0.2) is 84.2 Å². The predicted molar refractivity (Wildman–Crippen MR) is 106 cm³/mol. The Balaban J connectivity index is 2.05. The molecule has 30 heavy (non-hydrogen) atoms. The molecule has 1 heterocycles. The van der Waals surface area contributed by atoms with Crippen LogP contribution in [0, 0.1) is 0 Å². The second-order valence-corrected chi connectivity index (χ2v) is 7.64. The Morgan fingerprint density at radius 1 is 1.23 bits per heavy atom. The molecule has 11 heteroatoms. The van der Waals surface area contributed by atoms with Gasteiger partial charge in [0.25, 0.3) is 0 Å². The van der Waals surface area contributed by atoms with E-state index in [0.29, 0.717) is 5.56 Å². The third-order valence-electron chi connectivity index (χ3n) is 4.74. The molecule has 0 aliphatic carbocycles. The molecule has 0 radical (unpaired) electrons. The highest BCUT2D eigenvalue weighted by molar-refractivity contribution is 7.80. The first-order chi connectivity index (χ1) is 14.0. The molecule has 6 nitrogen and oxygen atoms in total. The summed E-state index contributed by atoms with van der Waals surface area (Å²) in [6, 6.07) is 5.45. The van der Waals surface area contributed by atoms with E-state index in [9.17, 15) is 27.8 Å². The van der Waals surface area contributed by atoms with Crippen molar-refractivity contribution in [3.05, 3.63) is 35.4 Å². The molecule has 0 amide bonds. The van der Waals surface area contributed by atoms with Gasteiger partial charge in [-0.05, 0) is 23.3 Å². The molecule has 0 aromatic heterocycles. The largest absolute Gasteiger partial charge is 0.417 e. The summed E-state index contributed by atoms with van der Waals surface area (Å²) in [5.41, 5.74) is 1.17. The molecule has 1 aromatic carbocycles. The van der Waals surface area contributed by atoms with Crippen LogP contribution in [0.3, 0.4) is 0 Å². The number of nitrogens with one attached hydrogen (secondary N) is 1. The van der Waals surface area contributed by atoms with Crippen molar-refractivity contribution < 1.29 is 37.2 Å². The minimum Gasteiger partial charge on any atom is -0.388 e. The Kier molecular flexibility index (Phi) is 8.80. The summed E-state index contributed by atoms with van der Waals surface area (Å²) in [5.74, 6) is 0. The van der Waals surface area contributed by atoms with Crippen molar-refractivity contribution >= 4 is 17.3 Å². The number of halogens is 4. The standard InChI is InChI=1S/C19H26F4N2O4S/c1-25(2)18(30)24-13-10-28-16(15(27)14(13)26)17(19(21,22)23)29-9-12-5-3-11(4-6-12)7-8-20/h3-6,13-17,26-27H,7-10H2,1-2H3,(H,24,30)/t13-,14+,15-,16?,17+/m0/s1. The average molecular weight is 454 g/mol. The van der Waals surface area contributed by atoms with Crippen LogP contribution < -0.4 is 5.32 Å². The van der Waals surface area contributed by atoms with Gasteiger partial charge >= 0.3 is 6.18 Å². The fourth-order valence-corrected chi connectivity index (χ4v) is 3.15. The van der Waals surface area contributed by atoms with Crippen LogP contribution in [0.5, 0.6) is 0 Å². The van der Waals surface area contributed by atoms with Crippen molar-refractivity contribution in [2.45, 2.75) is 49.7 Å². The van der Waals surface area contributed by atoms with E-state index < -0.39 is 49.9 Å². The zero-order valence-corrected chi connectivity index (χ0v) is 17.4. The van der Waals surface area contributed by atoms with Crippen LogP contribution in [-0.2, 0) is 22.5 Å². The number of hydrogen-bond acceptors (Lipinski definition) is 5. The monoisotopic (exact) mass is 454 g/mol. The van der Waals surface area contributed by atoms with Gasteiger partial charge in [-0.3, -0.25) is 4.39 Å². The summed E-state index contributed by atoms with van der Waals surface area (Å²) < 4.78 is 63.5. The molecule has 0 bridgehead atoms. The predicted octanol–water partition coefficient (Wildman–Crippen LogP) is 1.57. The van der Waals surface area contributed by atoms with Crippen molar-refractivity contribution in [2.75, 3.05) is 27.4 Å². The highest BCUT2D eigenvalue weighted by atomic mass is 32.1. The minimum atomic E-state index is -4.83. The van der Waals surface area contributed by atoms with Gasteiger partial charge in [0, 0.05) is 20.5 Å². The molecule has 1 unspecified atom stereocenters. The maximum atomic E-state index is 13.6. The fraction of sp³-hybridized carbons (Fsp3) is 0.632. The maximum Gasteiger partial charge on any atom is 0.417 e. The van der Waals surface area contributed by atoms with Crippen LogP contribution in [0.2, 0.25) is 0 Å². The summed E-state index contributed by atoms with van der Waals surface area (Å²) in [4.78, 5) is 1.54. The zero-order valence-electron chi connectivity index (χ0n) is 16.6. The van der Waals surface area contributed by atoms with E-state index in [-0.39, 0.29) is 18.1 Å². The van der Waals surface area contributed by atoms with Crippen LogP contribution in [0.15, 0.2) is 24.3 Å². The van der Waals surface area contributed by atoms with Gasteiger partial charge in [0.1, 0.15) is 18.3 Å². The van der Waals surface area contributed by atoms with E-state index in [1.807, 2.05) is 0 Å². The van der Waals surface area contributed by atoms with Crippen LogP contribution in [0.1, 0.15) is 11.1 Å². The van der Waals surface area contributed by atoms with E-state index in [1.165, 1.54) is 0 Å². The summed E-state index contributed by atoms with van der Waals surface area (Å²) in [6.07, 6.45) is -12.3. The molecule has 5 atom stereocenters. The Hall–Kier alpha value is -1.53. The Morgan fingerprint density at radius 2 is 1.83 bits per heavy atom. The number of hydrogen-bond donors (Lipinski definition) is 3. The smallest absolute Gasteiger partial charge is 0.388 e. The Morgan fingerprint density at radius 3 is 2.37 bits per heavy atom. The van der Waals surface area contributed by atoms with Crippen molar-refractivity contribution in [1.29, 1.82) is 0 Å². The quantitative estimate of drug-likeness (QED) is 0.427. The Labute approximate surface area is 177 Å². The van der Waals surface area contributed by atoms with Gasteiger partial charge in [-0.25, -0.2) is 0 Å². The highest BCUT2D eigenvalue weighted by Gasteiger charge is 2.53. The van der Waals surface area contributed by atoms with E-state index in [1.54, 1.807) is 43.3 Å². The van der Waals surface area contributed by atoms with Gasteiger partial charge in [-0.15, -0.1) is 0 Å². The van der Waals surface area contributed by atoms with E-state index in [0.717, 1.165) is 5.56 Å². The van der Waals surface area contributed by atoms with Crippen LogP contribution >= 0.6 is 12.2 Å². The Bertz CT molecular complexity index is 690. The third kappa shape index (κ3) is 6.48. The van der Waals surface area contributed by atoms with Crippen LogP contribution in [0.4, 0.5) is 17.6 Å². The van der Waals surface area contributed by atoms with E-state index in [4.69, 9.17) is 21.7 Å². The molecule has 0 spiro atoms. The fourth-order valence-electron chi connectivity index (χ4n) is 3.00. The second-order valence-electron chi connectivity index (χ2n) is 7.26. The summed E-state index contributed by atoms with van der Waals surface area (Å²) in [7, 11) is 3.31. The number of nitrogens with zero attached hydrogens (tertiary/aromatic N) is 1. The van der Waals surface area contributed by atoms with Gasteiger partial charge in [0.05, 0.1) is 25.9 Å². The van der Waals surface area contributed by atoms with Gasteiger partial charge in [0.15, 0.2) is 11.2 Å². The molecule has 0 saturated carbocycles. The first-order valence-electron chi connectivity index (χ1n) is 9.32. The lowest BCUT2D eigenvalue weighted by atomic mass is 9.94. The summed E-state index contributed by atoms with van der Waals surface area (Å²) in [5, 5.41) is 23.6. The van der Waals surface area contributed by atoms with Crippen molar-refractivity contribution in [3.8, 4) is 0 Å². The van der Waals surface area contributed by atoms with Crippen LogP contribution in [0.25, 0.3) is 0 Å². The molecule has 1 aliphatic rings. The second kappa shape index (κ2) is 10.7. The van der Waals surface area contributed by atoms with Crippen molar-refractivity contribution in [1.82, 2.24) is 10.2 Å². The van der Waals surface area contributed by atoms with E-state index >= 15 is 0 Å². The number of aliphatic hydroxyl groups excluding tert-OH is 2. The average Bonchev–Trinajstić information content (AvgIpc) is 2.67. The number of ether oxygens (including phenoxy) is 2. The molecular weight excluding hydrogens is 428 g/mol. The topological polar surface area (TPSA) is 74.2 Å². The molecule has 1 aliphatic heterocycles. The molecule has 3 N–H and O–H groups in total. The molecule has 1 saturated heterocycles. The SMILES string of the molecule is CN(C)C(=S)N[C@H]1COC([C@@H](OCc2ccc(CCF)cc2)C(F)(F)F)[C@@H](O)[C@@H]1O. The van der Waals surface area contributed by atoms with E-state index in [2.05, 4.69) is 5.32 Å². The first-order valence-corrected chi connectivity index (χ1v) is 9.73. The molecule has 170 valence electrons. The lowest BCUT2D eigenvalue weighted by Gasteiger charge is -2.41. The zero-order chi connectivity index (χ0) is 22.5. The number of thiocarbonyl (C=S) groups is 1. The van der Waals surface area contributed by atoms with Gasteiger partial charge in [0.2, 0.25) is 0 Å². The molecular formula is C19H26F4N2O4S. The molecule has 1 aromatic rings. The summed E-state index contributed by atoms with van der Waals surface area (Å²) >= 11 is 5.05. The number of rotatable bonds is 7. The van der Waals surface area contributed by atoms with Crippen molar-refractivity contribution in [3.63, 3.8) is 0 Å². The van der Waals surface area contributed by atoms with Gasteiger partial charge in [-0.1, -0.05) is 24.3 Å². The van der Waals surface area contributed by atoms with Gasteiger partial charge < -0.3 is 29.9 Å². The van der Waals surface area contributed by atoms with Crippen molar-refractivity contribution in [2.24, 2.45) is 0 Å². The normalized spacial score (nSPS) is 25.6. The third-order valence-corrected chi connectivity index (χ3v) is 5.22. The maximum absolute atomic E-state index is 13.6. The minimum absolute atomic E-state index is 0.221. The summed E-state index contributed by atoms with van der Waals surface area (Å²) in [6.45, 7) is -1.22. The number of benzene rings is 1.